The zero-order valence-corrected chi connectivity index (χ0v) is 7.95. The van der Waals surface area contributed by atoms with Gasteiger partial charge in [0.25, 0.3) is 0 Å². The molecule has 0 radical (unpaired) electrons. The summed E-state index contributed by atoms with van der Waals surface area (Å²) < 4.78 is 0. The number of likely N-dealkylation sites (tertiary alicyclic amines) is 1. The third-order valence-corrected chi connectivity index (χ3v) is 2.91. The van der Waals surface area contributed by atoms with Crippen LogP contribution in [0.1, 0.15) is 20.3 Å². The first kappa shape index (κ1) is 9.52. The molecule has 12 heavy (non-hydrogen) atoms. The first-order valence-electron chi connectivity index (χ1n) is 4.51. The van der Waals surface area contributed by atoms with Gasteiger partial charge < -0.3 is 5.11 Å². The Hall–Kier alpha value is -0.570. The van der Waals surface area contributed by atoms with Crippen molar-refractivity contribution in [3.8, 4) is 0 Å². The van der Waals surface area contributed by atoms with E-state index in [0.717, 1.165) is 13.0 Å². The summed E-state index contributed by atoms with van der Waals surface area (Å²) in [4.78, 5) is 12.8. The van der Waals surface area contributed by atoms with Crippen molar-refractivity contribution in [3.05, 3.63) is 0 Å². The summed E-state index contributed by atoms with van der Waals surface area (Å²) in [6.45, 7) is 5.11. The van der Waals surface area contributed by atoms with Crippen molar-refractivity contribution in [2.75, 3.05) is 13.6 Å². The molecule has 0 aromatic heterocycles. The Labute approximate surface area is 73.4 Å². The summed E-state index contributed by atoms with van der Waals surface area (Å²) in [7, 11) is 1.89. The zero-order chi connectivity index (χ0) is 9.30. The van der Waals surface area contributed by atoms with Crippen LogP contribution in [0.5, 0.6) is 0 Å². The highest BCUT2D eigenvalue weighted by atomic mass is 16.4. The molecule has 3 nitrogen and oxygen atoms in total. The molecule has 0 aromatic carbocycles. The van der Waals surface area contributed by atoms with Crippen LogP contribution in [0.2, 0.25) is 0 Å². The lowest BCUT2D eigenvalue weighted by Crippen LogP contribution is -2.36. The fraction of sp³-hybridized carbons (Fsp3) is 0.889. The molecule has 1 heterocycles. The van der Waals surface area contributed by atoms with Gasteiger partial charge in [0.05, 0.1) is 0 Å². The molecule has 0 aromatic rings. The molecule has 1 fully saturated rings. The van der Waals surface area contributed by atoms with Crippen LogP contribution in [-0.4, -0.2) is 35.6 Å². The van der Waals surface area contributed by atoms with Crippen LogP contribution in [0.4, 0.5) is 0 Å². The van der Waals surface area contributed by atoms with Gasteiger partial charge in [0, 0.05) is 6.54 Å². The van der Waals surface area contributed by atoms with E-state index in [1.807, 2.05) is 11.9 Å². The zero-order valence-electron chi connectivity index (χ0n) is 7.95. The maximum atomic E-state index is 10.9. The Morgan fingerprint density at radius 2 is 2.25 bits per heavy atom. The van der Waals surface area contributed by atoms with E-state index < -0.39 is 5.97 Å². The SMILES string of the molecule is CCC1C(C)CN(C)C1C(=O)O. The van der Waals surface area contributed by atoms with E-state index in [9.17, 15) is 4.79 Å². The second-order valence-corrected chi connectivity index (χ2v) is 3.77. The average molecular weight is 171 g/mol. The number of carboxylic acid groups (broad SMARTS) is 1. The van der Waals surface area contributed by atoms with Gasteiger partial charge in [0.1, 0.15) is 6.04 Å². The van der Waals surface area contributed by atoms with Gasteiger partial charge in [0.15, 0.2) is 0 Å². The molecular formula is C9H17NO2. The fourth-order valence-electron chi connectivity index (χ4n) is 2.34. The van der Waals surface area contributed by atoms with Crippen LogP contribution in [0.15, 0.2) is 0 Å². The molecule has 0 spiro atoms. The van der Waals surface area contributed by atoms with E-state index in [4.69, 9.17) is 5.11 Å². The molecule has 1 aliphatic rings. The van der Waals surface area contributed by atoms with Crippen molar-refractivity contribution in [2.45, 2.75) is 26.3 Å². The predicted octanol–water partition coefficient (Wildman–Crippen LogP) is 1.05. The number of aliphatic carboxylic acids is 1. The maximum Gasteiger partial charge on any atom is 0.321 e. The molecule has 3 unspecified atom stereocenters. The molecule has 0 bridgehead atoms. The summed E-state index contributed by atoms with van der Waals surface area (Å²) >= 11 is 0. The molecule has 70 valence electrons. The molecular weight excluding hydrogens is 154 g/mol. The molecule has 1 saturated heterocycles. The Bertz CT molecular complexity index is 181. The van der Waals surface area contributed by atoms with Gasteiger partial charge in [-0.15, -0.1) is 0 Å². The van der Waals surface area contributed by atoms with Crippen molar-refractivity contribution in [1.82, 2.24) is 4.90 Å². The Morgan fingerprint density at radius 3 is 2.58 bits per heavy atom. The van der Waals surface area contributed by atoms with Crippen LogP contribution in [0, 0.1) is 11.8 Å². The monoisotopic (exact) mass is 171 g/mol. The molecule has 1 rings (SSSR count). The van der Waals surface area contributed by atoms with Gasteiger partial charge in [-0.25, -0.2) is 0 Å². The van der Waals surface area contributed by atoms with Crippen LogP contribution in [0.3, 0.4) is 0 Å². The summed E-state index contributed by atoms with van der Waals surface area (Å²) in [5.74, 6) is 0.169. The molecule has 3 atom stereocenters. The molecule has 1 N–H and O–H groups in total. The number of carbonyl (C=O) groups is 1. The number of hydrogen-bond donors (Lipinski definition) is 1. The largest absolute Gasteiger partial charge is 0.480 e. The minimum Gasteiger partial charge on any atom is -0.480 e. The predicted molar refractivity (Wildman–Crippen MR) is 47.0 cm³/mol. The second kappa shape index (κ2) is 3.44. The second-order valence-electron chi connectivity index (χ2n) is 3.77. The lowest BCUT2D eigenvalue weighted by molar-refractivity contribution is -0.143. The Kier molecular flexibility index (Phi) is 2.73. The summed E-state index contributed by atoms with van der Waals surface area (Å²) in [6.07, 6.45) is 0.961. The number of hydrogen-bond acceptors (Lipinski definition) is 2. The number of carboxylic acids is 1. The summed E-state index contributed by atoms with van der Waals surface area (Å²) in [5.41, 5.74) is 0. The quantitative estimate of drug-likeness (QED) is 0.675. The third-order valence-electron chi connectivity index (χ3n) is 2.91. The van der Waals surface area contributed by atoms with E-state index >= 15 is 0 Å². The van der Waals surface area contributed by atoms with Crippen molar-refractivity contribution >= 4 is 5.97 Å². The highest BCUT2D eigenvalue weighted by Crippen LogP contribution is 2.30. The van der Waals surface area contributed by atoms with Gasteiger partial charge >= 0.3 is 5.97 Å². The highest BCUT2D eigenvalue weighted by molar-refractivity contribution is 5.74. The van der Waals surface area contributed by atoms with Gasteiger partial charge in [-0.1, -0.05) is 20.3 Å². The Morgan fingerprint density at radius 1 is 1.67 bits per heavy atom. The first-order chi connectivity index (χ1) is 5.57. The van der Waals surface area contributed by atoms with E-state index in [-0.39, 0.29) is 6.04 Å². The molecule has 0 saturated carbocycles. The van der Waals surface area contributed by atoms with Crippen molar-refractivity contribution in [1.29, 1.82) is 0 Å². The van der Waals surface area contributed by atoms with Crippen LogP contribution in [-0.2, 0) is 4.79 Å². The van der Waals surface area contributed by atoms with Crippen LogP contribution in [0.25, 0.3) is 0 Å². The molecule has 1 aliphatic heterocycles. The lowest BCUT2D eigenvalue weighted by Gasteiger charge is -2.19. The molecule has 3 heteroatoms. The fourth-order valence-corrected chi connectivity index (χ4v) is 2.34. The van der Waals surface area contributed by atoms with E-state index in [0.29, 0.717) is 11.8 Å². The smallest absolute Gasteiger partial charge is 0.321 e. The van der Waals surface area contributed by atoms with Gasteiger partial charge in [-0.3, -0.25) is 9.69 Å². The van der Waals surface area contributed by atoms with E-state index in [1.54, 1.807) is 0 Å². The number of rotatable bonds is 2. The van der Waals surface area contributed by atoms with Crippen molar-refractivity contribution in [3.63, 3.8) is 0 Å². The standard InChI is InChI=1S/C9H17NO2/c1-4-7-6(2)5-10(3)8(7)9(11)12/h6-8H,4-5H2,1-3H3,(H,11,12). The number of likely N-dealkylation sites (N-methyl/N-ethyl adjacent to an activating group) is 1. The van der Waals surface area contributed by atoms with Crippen molar-refractivity contribution < 1.29 is 9.90 Å². The normalized spacial score (nSPS) is 37.1. The minimum absolute atomic E-state index is 0.259. The van der Waals surface area contributed by atoms with Crippen LogP contribution < -0.4 is 0 Å². The summed E-state index contributed by atoms with van der Waals surface area (Å²) in [5, 5.41) is 8.96. The van der Waals surface area contributed by atoms with Gasteiger partial charge in [-0.2, -0.15) is 0 Å². The van der Waals surface area contributed by atoms with Gasteiger partial charge in [-0.05, 0) is 18.9 Å². The summed E-state index contributed by atoms with van der Waals surface area (Å²) in [6, 6.07) is -0.259. The average Bonchev–Trinajstić information content (AvgIpc) is 2.24. The third kappa shape index (κ3) is 1.46. The number of nitrogens with zero attached hydrogens (tertiary/aromatic N) is 1. The first-order valence-corrected chi connectivity index (χ1v) is 4.51. The minimum atomic E-state index is -0.672. The maximum absolute atomic E-state index is 10.9. The van der Waals surface area contributed by atoms with E-state index in [2.05, 4.69) is 13.8 Å². The topological polar surface area (TPSA) is 40.5 Å². The van der Waals surface area contributed by atoms with E-state index in [1.165, 1.54) is 0 Å². The molecule has 0 amide bonds. The highest BCUT2D eigenvalue weighted by Gasteiger charge is 2.40. The Balaban J connectivity index is 2.75. The van der Waals surface area contributed by atoms with Crippen LogP contribution >= 0.6 is 0 Å². The van der Waals surface area contributed by atoms with Crippen molar-refractivity contribution in [2.24, 2.45) is 11.8 Å². The lowest BCUT2D eigenvalue weighted by atomic mass is 9.90. The van der Waals surface area contributed by atoms with Gasteiger partial charge in [0.2, 0.25) is 0 Å². The molecule has 0 aliphatic carbocycles.